The van der Waals surface area contributed by atoms with Crippen molar-refractivity contribution in [1.82, 2.24) is 15.2 Å². The highest BCUT2D eigenvalue weighted by molar-refractivity contribution is 7.89. The monoisotopic (exact) mass is 528 g/mol. The molecule has 10 heteroatoms. The SMILES string of the molecule is CC1=C(CC(=O)NCc2ccccc2CN)C(=O)N(NS(=O)(=O)c2cccc3ccccc23)CC1.Cl. The van der Waals surface area contributed by atoms with Crippen LogP contribution in [-0.4, -0.2) is 31.8 Å². The Balaban J connectivity index is 0.00000361. The Morgan fingerprint density at radius 1 is 1.00 bits per heavy atom. The fourth-order valence-electron chi connectivity index (χ4n) is 4.16. The number of hydrazine groups is 1. The third kappa shape index (κ3) is 5.93. The third-order valence-corrected chi connectivity index (χ3v) is 7.55. The molecule has 36 heavy (non-hydrogen) atoms. The number of nitrogens with two attached hydrogens (primary N) is 1. The predicted octanol–water partition coefficient (Wildman–Crippen LogP) is 3.17. The van der Waals surface area contributed by atoms with Crippen LogP contribution in [0.2, 0.25) is 0 Å². The van der Waals surface area contributed by atoms with E-state index in [0.29, 0.717) is 30.5 Å². The summed E-state index contributed by atoms with van der Waals surface area (Å²) in [4.78, 5) is 28.3. The topological polar surface area (TPSA) is 122 Å². The Kier molecular flexibility index (Phi) is 8.86. The van der Waals surface area contributed by atoms with E-state index >= 15 is 0 Å². The number of hydrogen-bond donors (Lipinski definition) is 3. The average Bonchev–Trinajstić information content (AvgIpc) is 2.86. The first kappa shape index (κ1) is 27.3. The molecule has 0 aromatic heterocycles. The Morgan fingerprint density at radius 2 is 1.67 bits per heavy atom. The number of rotatable bonds is 8. The van der Waals surface area contributed by atoms with Crippen molar-refractivity contribution in [2.24, 2.45) is 5.73 Å². The van der Waals surface area contributed by atoms with Gasteiger partial charge in [0, 0.05) is 30.6 Å². The fourth-order valence-corrected chi connectivity index (χ4v) is 5.46. The van der Waals surface area contributed by atoms with Crippen molar-refractivity contribution in [3.05, 3.63) is 89.0 Å². The summed E-state index contributed by atoms with van der Waals surface area (Å²) in [7, 11) is -4.02. The summed E-state index contributed by atoms with van der Waals surface area (Å²) in [5.74, 6) is -0.839. The first-order valence-corrected chi connectivity index (χ1v) is 12.8. The van der Waals surface area contributed by atoms with E-state index in [0.717, 1.165) is 27.1 Å². The molecule has 0 radical (unpaired) electrons. The van der Waals surface area contributed by atoms with Gasteiger partial charge in [-0.15, -0.1) is 17.2 Å². The van der Waals surface area contributed by atoms with Crippen molar-refractivity contribution in [2.45, 2.75) is 37.8 Å². The molecule has 3 aromatic carbocycles. The minimum absolute atomic E-state index is 0. The number of benzene rings is 3. The molecule has 0 atom stereocenters. The van der Waals surface area contributed by atoms with Gasteiger partial charge in [-0.2, -0.15) is 0 Å². The van der Waals surface area contributed by atoms with E-state index in [1.165, 1.54) is 6.07 Å². The van der Waals surface area contributed by atoms with Crippen LogP contribution in [-0.2, 0) is 32.7 Å². The quantitative estimate of drug-likeness (QED) is 0.414. The normalized spacial score (nSPS) is 14.1. The van der Waals surface area contributed by atoms with E-state index in [2.05, 4.69) is 10.1 Å². The zero-order valence-corrected chi connectivity index (χ0v) is 21.5. The molecule has 3 aromatic rings. The van der Waals surface area contributed by atoms with Gasteiger partial charge < -0.3 is 11.1 Å². The minimum atomic E-state index is -4.02. The van der Waals surface area contributed by atoms with Crippen LogP contribution < -0.4 is 15.9 Å². The van der Waals surface area contributed by atoms with E-state index in [1.54, 1.807) is 25.1 Å². The lowest BCUT2D eigenvalue weighted by molar-refractivity contribution is -0.131. The minimum Gasteiger partial charge on any atom is -0.352 e. The number of hydrogen-bond acceptors (Lipinski definition) is 5. The maximum absolute atomic E-state index is 13.2. The van der Waals surface area contributed by atoms with E-state index in [1.807, 2.05) is 42.5 Å². The molecule has 8 nitrogen and oxygen atoms in total. The van der Waals surface area contributed by atoms with Crippen molar-refractivity contribution < 1.29 is 18.0 Å². The van der Waals surface area contributed by atoms with Gasteiger partial charge in [-0.25, -0.2) is 8.42 Å². The number of nitrogens with zero attached hydrogens (tertiary/aromatic N) is 1. The summed E-state index contributed by atoms with van der Waals surface area (Å²) < 4.78 is 26.4. The summed E-state index contributed by atoms with van der Waals surface area (Å²) in [6.07, 6.45) is 0.324. The number of fused-ring (bicyclic) bond motifs is 1. The van der Waals surface area contributed by atoms with E-state index in [9.17, 15) is 18.0 Å². The van der Waals surface area contributed by atoms with Crippen LogP contribution in [0.1, 0.15) is 30.9 Å². The molecular weight excluding hydrogens is 500 g/mol. The highest BCUT2D eigenvalue weighted by Crippen LogP contribution is 2.25. The Bertz CT molecular complexity index is 1420. The number of carbonyl (C=O) groups is 2. The Morgan fingerprint density at radius 3 is 2.42 bits per heavy atom. The van der Waals surface area contributed by atoms with Gasteiger partial charge in [-0.1, -0.05) is 66.2 Å². The van der Waals surface area contributed by atoms with Crippen LogP contribution in [0.15, 0.2) is 82.8 Å². The lowest BCUT2D eigenvalue weighted by Gasteiger charge is -2.29. The zero-order chi connectivity index (χ0) is 25.0. The molecule has 190 valence electrons. The van der Waals surface area contributed by atoms with Crippen LogP contribution in [0, 0.1) is 0 Å². The van der Waals surface area contributed by atoms with Crippen LogP contribution >= 0.6 is 12.4 Å². The number of halogens is 1. The third-order valence-electron chi connectivity index (χ3n) is 6.15. The Hall–Kier alpha value is -3.24. The van der Waals surface area contributed by atoms with Gasteiger partial charge in [0.1, 0.15) is 0 Å². The molecule has 0 bridgehead atoms. The van der Waals surface area contributed by atoms with Gasteiger partial charge >= 0.3 is 0 Å². The molecule has 0 saturated heterocycles. The predicted molar refractivity (Wildman–Crippen MR) is 141 cm³/mol. The second kappa shape index (κ2) is 11.7. The van der Waals surface area contributed by atoms with Crippen molar-refractivity contribution >= 4 is 45.0 Å². The standard InChI is InChI=1S/C26H28N4O4S.ClH/c1-18-13-14-30(29-35(33,34)24-12-6-10-19-7-4-5-11-22(19)24)26(32)23(18)15-25(31)28-17-21-9-3-2-8-20(21)16-27;/h2-12,29H,13-17,27H2,1H3,(H,28,31);1H. The second-order valence-corrected chi connectivity index (χ2v) is 10.1. The largest absolute Gasteiger partial charge is 0.352 e. The molecule has 4 N–H and O–H groups in total. The molecule has 4 rings (SSSR count). The van der Waals surface area contributed by atoms with Crippen LogP contribution in [0.4, 0.5) is 0 Å². The van der Waals surface area contributed by atoms with Gasteiger partial charge in [-0.3, -0.25) is 14.6 Å². The summed E-state index contributed by atoms with van der Waals surface area (Å²) in [5, 5.41) is 5.26. The van der Waals surface area contributed by atoms with Gasteiger partial charge in [0.15, 0.2) is 0 Å². The van der Waals surface area contributed by atoms with Gasteiger partial charge in [-0.05, 0) is 35.9 Å². The summed E-state index contributed by atoms with van der Waals surface area (Å²) >= 11 is 0. The molecule has 2 amide bonds. The second-order valence-electron chi connectivity index (χ2n) is 8.46. The van der Waals surface area contributed by atoms with Crippen molar-refractivity contribution in [1.29, 1.82) is 0 Å². The molecule has 0 aliphatic carbocycles. The van der Waals surface area contributed by atoms with Gasteiger partial charge in [0.2, 0.25) is 5.91 Å². The molecule has 1 heterocycles. The maximum Gasteiger partial charge on any atom is 0.265 e. The number of sulfonamides is 1. The lowest BCUT2D eigenvalue weighted by atomic mass is 9.98. The molecule has 0 fully saturated rings. The van der Waals surface area contributed by atoms with Gasteiger partial charge in [0.25, 0.3) is 15.9 Å². The number of carbonyl (C=O) groups excluding carboxylic acids is 2. The smallest absolute Gasteiger partial charge is 0.265 e. The highest BCUT2D eigenvalue weighted by Gasteiger charge is 2.30. The molecule has 1 aliphatic rings. The average molecular weight is 529 g/mol. The number of nitrogens with one attached hydrogen (secondary N) is 2. The van der Waals surface area contributed by atoms with Gasteiger partial charge in [0.05, 0.1) is 11.3 Å². The molecule has 0 saturated carbocycles. The maximum atomic E-state index is 13.2. The van der Waals surface area contributed by atoms with Crippen LogP contribution in [0.25, 0.3) is 10.8 Å². The van der Waals surface area contributed by atoms with Crippen molar-refractivity contribution in [3.63, 3.8) is 0 Å². The lowest BCUT2D eigenvalue weighted by Crippen LogP contribution is -2.49. The van der Waals surface area contributed by atoms with Crippen molar-refractivity contribution in [2.75, 3.05) is 6.54 Å². The molecular formula is C26H29ClN4O4S. The fraction of sp³-hybridized carbons (Fsp3) is 0.231. The summed E-state index contributed by atoms with van der Waals surface area (Å²) in [6.45, 7) is 2.63. The van der Waals surface area contributed by atoms with Crippen LogP contribution in [0.3, 0.4) is 0 Å². The first-order chi connectivity index (χ1) is 16.8. The van der Waals surface area contributed by atoms with Crippen LogP contribution in [0.5, 0.6) is 0 Å². The zero-order valence-electron chi connectivity index (χ0n) is 19.9. The highest BCUT2D eigenvalue weighted by atomic mass is 35.5. The van der Waals surface area contributed by atoms with E-state index < -0.39 is 15.9 Å². The first-order valence-electron chi connectivity index (χ1n) is 11.3. The molecule has 1 aliphatic heterocycles. The number of amides is 2. The van der Waals surface area contributed by atoms with Crippen molar-refractivity contribution in [3.8, 4) is 0 Å². The summed E-state index contributed by atoms with van der Waals surface area (Å²) in [5.41, 5.74) is 8.67. The van der Waals surface area contributed by atoms with E-state index in [-0.39, 0.29) is 36.2 Å². The van der Waals surface area contributed by atoms with E-state index in [4.69, 9.17) is 5.73 Å². The molecule has 0 unspecified atom stereocenters. The summed E-state index contributed by atoms with van der Waals surface area (Å²) in [6, 6.07) is 19.7. The molecule has 0 spiro atoms. The Labute approximate surface area is 217 Å².